The van der Waals surface area contributed by atoms with Gasteiger partial charge >= 0.3 is 0 Å². The van der Waals surface area contributed by atoms with Gasteiger partial charge in [-0.25, -0.2) is 8.42 Å². The number of aliphatic hydroxyl groups excluding tert-OH is 1. The third-order valence-corrected chi connectivity index (χ3v) is 5.79. The highest BCUT2D eigenvalue weighted by Gasteiger charge is 2.48. The minimum Gasteiger partial charge on any atom is -0.392 e. The van der Waals surface area contributed by atoms with E-state index in [1.54, 1.807) is 0 Å². The summed E-state index contributed by atoms with van der Waals surface area (Å²) in [5.41, 5.74) is 5.11. The van der Waals surface area contributed by atoms with Gasteiger partial charge in [0.15, 0.2) is 9.84 Å². The molecule has 2 unspecified atom stereocenters. The molecule has 1 aliphatic rings. The van der Waals surface area contributed by atoms with E-state index in [1.165, 1.54) is 0 Å². The molecule has 0 saturated carbocycles. The highest BCUT2D eigenvalue weighted by molar-refractivity contribution is 7.91. The zero-order chi connectivity index (χ0) is 12.4. The Morgan fingerprint density at radius 3 is 2.25 bits per heavy atom. The van der Waals surface area contributed by atoms with Crippen molar-refractivity contribution in [2.45, 2.75) is 39.2 Å². The first-order valence-electron chi connectivity index (χ1n) is 5.99. The first-order chi connectivity index (χ1) is 7.40. The van der Waals surface area contributed by atoms with Gasteiger partial charge in [0, 0.05) is 12.0 Å². The molecule has 0 aromatic carbocycles. The molecule has 3 N–H and O–H groups in total. The summed E-state index contributed by atoms with van der Waals surface area (Å²) in [5, 5.41) is 10.3. The lowest BCUT2D eigenvalue weighted by Crippen LogP contribution is -2.46. The van der Waals surface area contributed by atoms with Gasteiger partial charge in [0.05, 0.1) is 17.6 Å². The fourth-order valence-corrected chi connectivity index (χ4v) is 4.86. The molecule has 1 aliphatic heterocycles. The SMILES string of the molecule is CCC(CC)C(O)C1(CN)CCS(=O)(=O)C1. The molecule has 1 saturated heterocycles. The molecule has 4 nitrogen and oxygen atoms in total. The van der Waals surface area contributed by atoms with E-state index in [0.29, 0.717) is 6.42 Å². The molecule has 2 atom stereocenters. The van der Waals surface area contributed by atoms with Crippen molar-refractivity contribution in [3.05, 3.63) is 0 Å². The van der Waals surface area contributed by atoms with E-state index in [-0.39, 0.29) is 24.0 Å². The molecule has 0 aliphatic carbocycles. The first kappa shape index (κ1) is 13.9. The Labute approximate surface area is 98.1 Å². The van der Waals surface area contributed by atoms with Crippen molar-refractivity contribution in [1.82, 2.24) is 0 Å². The van der Waals surface area contributed by atoms with E-state index in [1.807, 2.05) is 13.8 Å². The topological polar surface area (TPSA) is 80.4 Å². The third kappa shape index (κ3) is 2.57. The van der Waals surface area contributed by atoms with Crippen LogP contribution in [0.4, 0.5) is 0 Å². The number of nitrogens with two attached hydrogens (primary N) is 1. The molecule has 0 bridgehead atoms. The van der Waals surface area contributed by atoms with Crippen molar-refractivity contribution >= 4 is 9.84 Å². The van der Waals surface area contributed by atoms with E-state index < -0.39 is 21.4 Å². The van der Waals surface area contributed by atoms with E-state index in [0.717, 1.165) is 12.8 Å². The molecule has 1 fully saturated rings. The van der Waals surface area contributed by atoms with Gasteiger partial charge in [-0.1, -0.05) is 26.7 Å². The quantitative estimate of drug-likeness (QED) is 0.745. The molecular weight excluding hydrogens is 226 g/mol. The van der Waals surface area contributed by atoms with Crippen molar-refractivity contribution in [2.75, 3.05) is 18.1 Å². The molecule has 96 valence electrons. The largest absolute Gasteiger partial charge is 0.392 e. The van der Waals surface area contributed by atoms with Gasteiger partial charge in [-0.05, 0) is 12.3 Å². The molecule has 0 amide bonds. The van der Waals surface area contributed by atoms with Crippen LogP contribution in [-0.4, -0.2) is 37.7 Å². The van der Waals surface area contributed by atoms with Gasteiger partial charge in [0.1, 0.15) is 0 Å². The number of aliphatic hydroxyl groups is 1. The highest BCUT2D eigenvalue weighted by atomic mass is 32.2. The fraction of sp³-hybridized carbons (Fsp3) is 1.00. The summed E-state index contributed by atoms with van der Waals surface area (Å²) in [7, 11) is -3.00. The third-order valence-electron chi connectivity index (χ3n) is 3.95. The Kier molecular flexibility index (Phi) is 4.37. The van der Waals surface area contributed by atoms with Gasteiger partial charge in [0.25, 0.3) is 0 Å². The molecule has 1 rings (SSSR count). The lowest BCUT2D eigenvalue weighted by Gasteiger charge is -2.36. The van der Waals surface area contributed by atoms with Crippen LogP contribution in [0, 0.1) is 11.3 Å². The number of hydrogen-bond acceptors (Lipinski definition) is 4. The molecule has 0 aromatic heterocycles. The van der Waals surface area contributed by atoms with Crippen molar-refractivity contribution in [2.24, 2.45) is 17.1 Å². The van der Waals surface area contributed by atoms with E-state index in [9.17, 15) is 13.5 Å². The summed E-state index contributed by atoms with van der Waals surface area (Å²) in [5.74, 6) is 0.368. The summed E-state index contributed by atoms with van der Waals surface area (Å²) in [6, 6.07) is 0. The minimum absolute atomic E-state index is 0.0498. The first-order valence-corrected chi connectivity index (χ1v) is 7.81. The average molecular weight is 249 g/mol. The Balaban J connectivity index is 2.89. The van der Waals surface area contributed by atoms with Crippen LogP contribution in [0.3, 0.4) is 0 Å². The second kappa shape index (κ2) is 5.02. The predicted octanol–water partition coefficient (Wildman–Crippen LogP) is 0.547. The van der Waals surface area contributed by atoms with Crippen LogP contribution < -0.4 is 5.73 Å². The summed E-state index contributed by atoms with van der Waals surface area (Å²) in [6.07, 6.45) is 1.63. The van der Waals surface area contributed by atoms with Crippen LogP contribution in [0.5, 0.6) is 0 Å². The summed E-state index contributed by atoms with van der Waals surface area (Å²) < 4.78 is 23.1. The standard InChI is InChI=1S/C11H23NO3S/c1-3-9(4-2)10(13)11(7-12)5-6-16(14,15)8-11/h9-10,13H,3-8,12H2,1-2H3. The average Bonchev–Trinajstić information content (AvgIpc) is 2.57. The highest BCUT2D eigenvalue weighted by Crippen LogP contribution is 2.39. The second-order valence-corrected chi connectivity index (χ2v) is 7.11. The fourth-order valence-electron chi connectivity index (χ4n) is 2.69. The zero-order valence-electron chi connectivity index (χ0n) is 10.1. The molecule has 0 spiro atoms. The minimum atomic E-state index is -3.00. The molecule has 5 heteroatoms. The second-order valence-electron chi connectivity index (χ2n) is 4.93. The van der Waals surface area contributed by atoms with Crippen molar-refractivity contribution in [1.29, 1.82) is 0 Å². The lowest BCUT2D eigenvalue weighted by molar-refractivity contribution is -0.00303. The van der Waals surface area contributed by atoms with E-state index in [2.05, 4.69) is 0 Å². The monoisotopic (exact) mass is 249 g/mol. The zero-order valence-corrected chi connectivity index (χ0v) is 11.0. The van der Waals surface area contributed by atoms with Crippen molar-refractivity contribution in [3.63, 3.8) is 0 Å². The molecular formula is C11H23NO3S. The summed E-state index contributed by atoms with van der Waals surface area (Å²) >= 11 is 0. The Morgan fingerprint density at radius 2 is 1.94 bits per heavy atom. The van der Waals surface area contributed by atoms with Gasteiger partial charge in [-0.3, -0.25) is 0 Å². The Morgan fingerprint density at radius 1 is 1.38 bits per heavy atom. The van der Waals surface area contributed by atoms with Crippen LogP contribution in [0.25, 0.3) is 0 Å². The van der Waals surface area contributed by atoms with E-state index in [4.69, 9.17) is 5.73 Å². The van der Waals surface area contributed by atoms with Gasteiger partial charge in [-0.2, -0.15) is 0 Å². The molecule has 1 heterocycles. The smallest absolute Gasteiger partial charge is 0.151 e. The van der Waals surface area contributed by atoms with Crippen LogP contribution in [0.2, 0.25) is 0 Å². The Hall–Kier alpha value is -0.130. The molecule has 0 radical (unpaired) electrons. The maximum absolute atomic E-state index is 11.5. The number of rotatable bonds is 5. The normalized spacial score (nSPS) is 30.8. The maximum Gasteiger partial charge on any atom is 0.151 e. The Bertz CT molecular complexity index is 324. The van der Waals surface area contributed by atoms with Crippen LogP contribution in [-0.2, 0) is 9.84 Å². The van der Waals surface area contributed by atoms with Gasteiger partial charge in [0.2, 0.25) is 0 Å². The predicted molar refractivity (Wildman–Crippen MR) is 64.8 cm³/mol. The lowest BCUT2D eigenvalue weighted by atomic mass is 9.74. The van der Waals surface area contributed by atoms with Crippen LogP contribution in [0.15, 0.2) is 0 Å². The maximum atomic E-state index is 11.5. The van der Waals surface area contributed by atoms with E-state index >= 15 is 0 Å². The van der Waals surface area contributed by atoms with Crippen molar-refractivity contribution in [3.8, 4) is 0 Å². The van der Waals surface area contributed by atoms with Gasteiger partial charge < -0.3 is 10.8 Å². The van der Waals surface area contributed by atoms with Crippen molar-refractivity contribution < 1.29 is 13.5 Å². The summed E-state index contributed by atoms with van der Waals surface area (Å²) in [6.45, 7) is 4.29. The molecule has 16 heavy (non-hydrogen) atoms. The van der Waals surface area contributed by atoms with Gasteiger partial charge in [-0.15, -0.1) is 0 Å². The van der Waals surface area contributed by atoms with Crippen LogP contribution in [0.1, 0.15) is 33.1 Å². The summed E-state index contributed by atoms with van der Waals surface area (Å²) in [4.78, 5) is 0. The number of hydrogen-bond donors (Lipinski definition) is 2. The molecule has 0 aromatic rings. The number of sulfone groups is 1. The van der Waals surface area contributed by atoms with Crippen LogP contribution >= 0.6 is 0 Å².